The number of hydrogen-bond acceptors (Lipinski definition) is 4. The lowest BCUT2D eigenvalue weighted by molar-refractivity contribution is 0.0697. The van der Waals surface area contributed by atoms with Gasteiger partial charge in [0.25, 0.3) is 5.91 Å². The maximum Gasteiger partial charge on any atom is 0.335 e. The van der Waals surface area contributed by atoms with Gasteiger partial charge in [-0.1, -0.05) is 0 Å². The highest BCUT2D eigenvalue weighted by atomic mass is 16.5. The van der Waals surface area contributed by atoms with E-state index in [9.17, 15) is 14.7 Å². The molecule has 0 unspecified atom stereocenters. The van der Waals surface area contributed by atoms with Crippen molar-refractivity contribution in [3.8, 4) is 22.6 Å². The first-order valence-corrected chi connectivity index (χ1v) is 7.90. The first-order chi connectivity index (χ1) is 11.9. The summed E-state index contributed by atoms with van der Waals surface area (Å²) >= 11 is 0. The number of hydrogen-bond donors (Lipinski definition) is 2. The summed E-state index contributed by atoms with van der Waals surface area (Å²) in [5.41, 5.74) is 3.50. The Kier molecular flexibility index (Phi) is 4.35. The number of carboxylic acid groups (broad SMARTS) is 1. The Morgan fingerprint density at radius 2 is 1.84 bits per heavy atom. The van der Waals surface area contributed by atoms with Crippen molar-refractivity contribution in [3.63, 3.8) is 0 Å². The molecule has 0 bridgehead atoms. The SMILES string of the molecule is COc1cc(C)c(-c2cc(C(=O)O)cc3c2OCCNC3=O)cc1C. The van der Waals surface area contributed by atoms with Crippen LogP contribution in [0.5, 0.6) is 11.5 Å². The van der Waals surface area contributed by atoms with Crippen LogP contribution in [0, 0.1) is 13.8 Å². The van der Waals surface area contributed by atoms with Crippen molar-refractivity contribution in [2.45, 2.75) is 13.8 Å². The number of rotatable bonds is 3. The minimum Gasteiger partial charge on any atom is -0.496 e. The highest BCUT2D eigenvalue weighted by Crippen LogP contribution is 2.39. The quantitative estimate of drug-likeness (QED) is 0.897. The van der Waals surface area contributed by atoms with Crippen LogP contribution in [0.3, 0.4) is 0 Å². The molecule has 0 atom stereocenters. The van der Waals surface area contributed by atoms with Gasteiger partial charge in [-0.3, -0.25) is 4.79 Å². The zero-order chi connectivity index (χ0) is 18.1. The maximum absolute atomic E-state index is 12.3. The van der Waals surface area contributed by atoms with Crippen LogP contribution in [0.25, 0.3) is 11.1 Å². The van der Waals surface area contributed by atoms with Crippen molar-refractivity contribution in [2.75, 3.05) is 20.3 Å². The van der Waals surface area contributed by atoms with Crippen LogP contribution >= 0.6 is 0 Å². The van der Waals surface area contributed by atoms with E-state index in [1.807, 2.05) is 26.0 Å². The number of aromatic carboxylic acids is 1. The summed E-state index contributed by atoms with van der Waals surface area (Å²) in [4.78, 5) is 23.8. The topological polar surface area (TPSA) is 84.9 Å². The molecule has 3 rings (SSSR count). The second-order valence-corrected chi connectivity index (χ2v) is 5.95. The summed E-state index contributed by atoms with van der Waals surface area (Å²) < 4.78 is 11.1. The van der Waals surface area contributed by atoms with Crippen LogP contribution in [-0.4, -0.2) is 37.2 Å². The number of ether oxygens (including phenoxy) is 2. The third kappa shape index (κ3) is 3.03. The largest absolute Gasteiger partial charge is 0.496 e. The minimum absolute atomic E-state index is 0.0438. The molecule has 1 heterocycles. The standard InChI is InChI=1S/C19H19NO5/c1-10-7-16(24-3)11(2)6-13(10)14-8-12(19(22)23)9-15-17(14)25-5-4-20-18(15)21/h6-9H,4-5H2,1-3H3,(H,20,21)(H,22,23). The molecule has 1 aliphatic heterocycles. The Hall–Kier alpha value is -3.02. The Balaban J connectivity index is 2.30. The first kappa shape index (κ1) is 16.8. The van der Waals surface area contributed by atoms with Crippen molar-refractivity contribution in [3.05, 3.63) is 46.5 Å². The van der Waals surface area contributed by atoms with Crippen molar-refractivity contribution in [1.29, 1.82) is 0 Å². The van der Waals surface area contributed by atoms with Crippen molar-refractivity contribution < 1.29 is 24.2 Å². The van der Waals surface area contributed by atoms with E-state index in [0.29, 0.717) is 24.5 Å². The van der Waals surface area contributed by atoms with Crippen LogP contribution in [-0.2, 0) is 0 Å². The highest BCUT2D eigenvalue weighted by molar-refractivity contribution is 6.03. The summed E-state index contributed by atoms with van der Waals surface area (Å²) in [6, 6.07) is 6.71. The lowest BCUT2D eigenvalue weighted by atomic mass is 9.93. The lowest BCUT2D eigenvalue weighted by Gasteiger charge is -2.17. The molecule has 0 saturated heterocycles. The molecule has 6 heteroatoms. The second-order valence-electron chi connectivity index (χ2n) is 5.95. The molecule has 0 fully saturated rings. The number of amides is 1. The van der Waals surface area contributed by atoms with E-state index in [1.165, 1.54) is 6.07 Å². The number of fused-ring (bicyclic) bond motifs is 1. The van der Waals surface area contributed by atoms with Crippen LogP contribution in [0.1, 0.15) is 31.8 Å². The van der Waals surface area contributed by atoms with Gasteiger partial charge < -0.3 is 19.9 Å². The van der Waals surface area contributed by atoms with E-state index in [2.05, 4.69) is 5.32 Å². The average molecular weight is 341 g/mol. The minimum atomic E-state index is -1.09. The molecule has 130 valence electrons. The van der Waals surface area contributed by atoms with Gasteiger partial charge in [0.2, 0.25) is 0 Å². The first-order valence-electron chi connectivity index (χ1n) is 7.90. The monoisotopic (exact) mass is 341 g/mol. The van der Waals surface area contributed by atoms with Gasteiger partial charge in [-0.2, -0.15) is 0 Å². The van der Waals surface area contributed by atoms with E-state index in [0.717, 1.165) is 22.4 Å². The third-order valence-corrected chi connectivity index (χ3v) is 4.25. The van der Waals surface area contributed by atoms with E-state index in [-0.39, 0.29) is 17.0 Å². The van der Waals surface area contributed by atoms with Gasteiger partial charge in [-0.15, -0.1) is 0 Å². The fourth-order valence-corrected chi connectivity index (χ4v) is 2.99. The number of nitrogens with one attached hydrogen (secondary N) is 1. The summed E-state index contributed by atoms with van der Waals surface area (Å²) in [6.07, 6.45) is 0. The molecule has 0 aromatic heterocycles. The molecule has 2 aromatic carbocycles. The van der Waals surface area contributed by atoms with Crippen LogP contribution < -0.4 is 14.8 Å². The van der Waals surface area contributed by atoms with E-state index in [1.54, 1.807) is 13.2 Å². The Labute approximate surface area is 145 Å². The number of methoxy groups -OCH3 is 1. The molecule has 1 aliphatic rings. The summed E-state index contributed by atoms with van der Waals surface area (Å²) in [6.45, 7) is 4.52. The fourth-order valence-electron chi connectivity index (χ4n) is 2.99. The van der Waals surface area contributed by atoms with Crippen LogP contribution in [0.4, 0.5) is 0 Å². The average Bonchev–Trinajstić information content (AvgIpc) is 2.77. The predicted octanol–water partition coefficient (Wildman–Crippen LogP) is 2.80. The summed E-state index contributed by atoms with van der Waals surface area (Å²) in [5.74, 6) is -0.267. The van der Waals surface area contributed by atoms with Gasteiger partial charge >= 0.3 is 5.97 Å². The Morgan fingerprint density at radius 3 is 2.52 bits per heavy atom. The zero-order valence-electron chi connectivity index (χ0n) is 14.3. The van der Waals surface area contributed by atoms with E-state index in [4.69, 9.17) is 9.47 Å². The van der Waals surface area contributed by atoms with Gasteiger partial charge in [0.15, 0.2) is 0 Å². The zero-order valence-corrected chi connectivity index (χ0v) is 14.3. The molecule has 2 aromatic rings. The molecule has 0 aliphatic carbocycles. The van der Waals surface area contributed by atoms with Gasteiger partial charge in [-0.25, -0.2) is 4.79 Å². The Bertz CT molecular complexity index is 873. The van der Waals surface area contributed by atoms with Gasteiger partial charge in [0, 0.05) is 5.56 Å². The van der Waals surface area contributed by atoms with Gasteiger partial charge in [0.05, 0.1) is 24.8 Å². The van der Waals surface area contributed by atoms with Crippen molar-refractivity contribution in [2.24, 2.45) is 0 Å². The predicted molar refractivity (Wildman–Crippen MR) is 92.7 cm³/mol. The van der Waals surface area contributed by atoms with Gasteiger partial charge in [-0.05, 0) is 54.8 Å². The van der Waals surface area contributed by atoms with Crippen LogP contribution in [0.15, 0.2) is 24.3 Å². The lowest BCUT2D eigenvalue weighted by Crippen LogP contribution is -2.24. The molecular formula is C19H19NO5. The summed E-state index contributed by atoms with van der Waals surface area (Å²) in [7, 11) is 1.60. The normalized spacial score (nSPS) is 13.3. The van der Waals surface area contributed by atoms with Crippen molar-refractivity contribution >= 4 is 11.9 Å². The molecule has 0 radical (unpaired) electrons. The van der Waals surface area contributed by atoms with Crippen molar-refractivity contribution in [1.82, 2.24) is 5.32 Å². The molecule has 0 saturated carbocycles. The fraction of sp³-hybridized carbons (Fsp3) is 0.263. The number of carbonyl (C=O) groups is 2. The Morgan fingerprint density at radius 1 is 1.12 bits per heavy atom. The second kappa shape index (κ2) is 6.47. The molecule has 1 amide bonds. The molecule has 2 N–H and O–H groups in total. The number of benzene rings is 2. The third-order valence-electron chi connectivity index (χ3n) is 4.25. The number of aryl methyl sites for hydroxylation is 2. The van der Waals surface area contributed by atoms with E-state index < -0.39 is 5.97 Å². The molecule has 0 spiro atoms. The van der Waals surface area contributed by atoms with E-state index >= 15 is 0 Å². The van der Waals surface area contributed by atoms with Crippen LogP contribution in [0.2, 0.25) is 0 Å². The molecule has 25 heavy (non-hydrogen) atoms. The number of carbonyl (C=O) groups excluding carboxylic acids is 1. The number of carboxylic acids is 1. The summed E-state index contributed by atoms with van der Waals surface area (Å²) in [5, 5.41) is 12.1. The van der Waals surface area contributed by atoms with Gasteiger partial charge in [0.1, 0.15) is 18.1 Å². The molecular weight excluding hydrogens is 322 g/mol. The maximum atomic E-state index is 12.3. The highest BCUT2D eigenvalue weighted by Gasteiger charge is 2.24. The molecule has 6 nitrogen and oxygen atoms in total. The smallest absolute Gasteiger partial charge is 0.335 e.